The van der Waals surface area contributed by atoms with E-state index < -0.39 is 0 Å². The Morgan fingerprint density at radius 1 is 1.24 bits per heavy atom. The van der Waals surface area contributed by atoms with Crippen LogP contribution < -0.4 is 10.6 Å². The van der Waals surface area contributed by atoms with Crippen LogP contribution in [0.3, 0.4) is 0 Å². The van der Waals surface area contributed by atoms with Crippen LogP contribution in [0.25, 0.3) is 0 Å². The van der Waals surface area contributed by atoms with Crippen molar-refractivity contribution in [3.05, 3.63) is 41.1 Å². The number of aromatic nitrogens is 2. The van der Waals surface area contributed by atoms with Gasteiger partial charge in [0.2, 0.25) is 0 Å². The van der Waals surface area contributed by atoms with E-state index in [2.05, 4.69) is 36.5 Å². The topological polar surface area (TPSA) is 59.1 Å². The van der Waals surface area contributed by atoms with Gasteiger partial charge in [-0.05, 0) is 40.9 Å². The van der Waals surface area contributed by atoms with Crippen LogP contribution in [-0.2, 0) is 4.74 Å². The lowest BCUT2D eigenvalue weighted by Crippen LogP contribution is -2.19. The van der Waals surface area contributed by atoms with E-state index in [4.69, 9.17) is 4.74 Å². The van der Waals surface area contributed by atoms with Gasteiger partial charge in [0, 0.05) is 23.7 Å². The van der Waals surface area contributed by atoms with Gasteiger partial charge in [-0.25, -0.2) is 9.97 Å². The number of nitrogens with one attached hydrogen (secondary N) is 2. The Bertz CT molecular complexity index is 602. The van der Waals surface area contributed by atoms with Gasteiger partial charge in [-0.1, -0.05) is 12.1 Å². The highest BCUT2D eigenvalue weighted by Crippen LogP contribution is 2.25. The summed E-state index contributed by atoms with van der Waals surface area (Å²) in [5, 5.41) is 6.57. The van der Waals surface area contributed by atoms with Gasteiger partial charge in [-0.3, -0.25) is 0 Å². The maximum atomic E-state index is 5.59. The highest BCUT2D eigenvalue weighted by molar-refractivity contribution is 9.10. The molecule has 2 N–H and O–H groups in total. The second kappa shape index (κ2) is 6.87. The molecule has 21 heavy (non-hydrogen) atoms. The monoisotopic (exact) mass is 348 g/mol. The summed E-state index contributed by atoms with van der Waals surface area (Å²) in [6.45, 7) is 1.65. The molecule has 2 heterocycles. The molecule has 0 bridgehead atoms. The smallest absolute Gasteiger partial charge is 0.135 e. The summed E-state index contributed by atoms with van der Waals surface area (Å²) < 4.78 is 6.59. The van der Waals surface area contributed by atoms with Crippen LogP contribution in [0.15, 0.2) is 41.1 Å². The van der Waals surface area contributed by atoms with E-state index in [0.717, 1.165) is 47.8 Å². The minimum absolute atomic E-state index is 0.291. The van der Waals surface area contributed by atoms with Crippen molar-refractivity contribution in [2.45, 2.75) is 18.9 Å². The first kappa shape index (κ1) is 14.3. The fourth-order valence-corrected chi connectivity index (χ4v) is 2.63. The van der Waals surface area contributed by atoms with Crippen molar-refractivity contribution in [3.63, 3.8) is 0 Å². The lowest BCUT2D eigenvalue weighted by molar-refractivity contribution is 0.120. The van der Waals surface area contributed by atoms with Gasteiger partial charge in [-0.15, -0.1) is 0 Å². The van der Waals surface area contributed by atoms with Gasteiger partial charge < -0.3 is 15.4 Å². The molecular weight excluding hydrogens is 332 g/mol. The molecule has 5 nitrogen and oxygen atoms in total. The van der Waals surface area contributed by atoms with Crippen molar-refractivity contribution in [2.24, 2.45) is 0 Å². The molecule has 1 aromatic heterocycles. The predicted molar refractivity (Wildman–Crippen MR) is 86.9 cm³/mol. The van der Waals surface area contributed by atoms with Gasteiger partial charge in [0.1, 0.15) is 18.0 Å². The van der Waals surface area contributed by atoms with Crippen molar-refractivity contribution in [1.82, 2.24) is 9.97 Å². The lowest BCUT2D eigenvalue weighted by Gasteiger charge is -2.12. The van der Waals surface area contributed by atoms with Gasteiger partial charge in [0.15, 0.2) is 0 Å². The molecule has 1 saturated heterocycles. The zero-order valence-electron chi connectivity index (χ0n) is 11.6. The molecule has 0 radical (unpaired) electrons. The molecule has 0 aliphatic carbocycles. The average Bonchev–Trinajstić information content (AvgIpc) is 3.01. The molecule has 0 saturated carbocycles. The predicted octanol–water partition coefficient (Wildman–Crippen LogP) is 3.57. The molecule has 1 aliphatic rings. The number of hydrogen-bond donors (Lipinski definition) is 2. The van der Waals surface area contributed by atoms with Gasteiger partial charge >= 0.3 is 0 Å². The van der Waals surface area contributed by atoms with E-state index in [-0.39, 0.29) is 0 Å². The van der Waals surface area contributed by atoms with Crippen LogP contribution in [0.5, 0.6) is 0 Å². The quantitative estimate of drug-likeness (QED) is 0.864. The number of rotatable bonds is 5. The summed E-state index contributed by atoms with van der Waals surface area (Å²) in [5.74, 6) is 1.56. The van der Waals surface area contributed by atoms with E-state index in [9.17, 15) is 0 Å². The largest absolute Gasteiger partial charge is 0.376 e. The van der Waals surface area contributed by atoms with Crippen LogP contribution in [0, 0.1) is 0 Å². The zero-order valence-corrected chi connectivity index (χ0v) is 13.1. The van der Waals surface area contributed by atoms with E-state index in [1.54, 1.807) is 6.33 Å². The number of ether oxygens (including phenoxy) is 1. The SMILES string of the molecule is Brc1ccccc1Nc1cc(NCC2CCCO2)ncn1. The molecule has 110 valence electrons. The summed E-state index contributed by atoms with van der Waals surface area (Å²) in [6, 6.07) is 9.83. The van der Waals surface area contributed by atoms with Crippen LogP contribution in [-0.4, -0.2) is 29.2 Å². The van der Waals surface area contributed by atoms with Crippen molar-refractivity contribution in [2.75, 3.05) is 23.8 Å². The molecule has 1 aliphatic heterocycles. The van der Waals surface area contributed by atoms with Crippen LogP contribution in [0.2, 0.25) is 0 Å². The minimum Gasteiger partial charge on any atom is -0.376 e. The molecule has 1 atom stereocenters. The Hall–Kier alpha value is -1.66. The van der Waals surface area contributed by atoms with Crippen molar-refractivity contribution < 1.29 is 4.74 Å². The molecule has 1 fully saturated rings. The third kappa shape index (κ3) is 3.92. The van der Waals surface area contributed by atoms with Gasteiger partial charge in [0.25, 0.3) is 0 Å². The molecule has 2 aromatic rings. The molecule has 3 rings (SSSR count). The van der Waals surface area contributed by atoms with Crippen molar-refractivity contribution in [1.29, 1.82) is 0 Å². The number of nitrogens with zero attached hydrogens (tertiary/aromatic N) is 2. The second-order valence-corrected chi connectivity index (χ2v) is 5.76. The van der Waals surface area contributed by atoms with E-state index >= 15 is 0 Å². The van der Waals surface area contributed by atoms with E-state index in [1.165, 1.54) is 0 Å². The third-order valence-corrected chi connectivity index (χ3v) is 4.03. The molecule has 0 spiro atoms. The normalized spacial score (nSPS) is 17.7. The second-order valence-electron chi connectivity index (χ2n) is 4.91. The zero-order chi connectivity index (χ0) is 14.5. The summed E-state index contributed by atoms with van der Waals surface area (Å²) in [7, 11) is 0. The Kier molecular flexibility index (Phi) is 4.67. The Morgan fingerprint density at radius 2 is 2.10 bits per heavy atom. The summed E-state index contributed by atoms with van der Waals surface area (Å²) in [6.07, 6.45) is 4.10. The van der Waals surface area contributed by atoms with Crippen LogP contribution in [0.1, 0.15) is 12.8 Å². The first-order valence-corrected chi connectivity index (χ1v) is 7.79. The Morgan fingerprint density at radius 3 is 2.90 bits per heavy atom. The molecule has 1 unspecified atom stereocenters. The maximum Gasteiger partial charge on any atom is 0.135 e. The highest BCUT2D eigenvalue weighted by Gasteiger charge is 2.15. The summed E-state index contributed by atoms with van der Waals surface area (Å²) >= 11 is 3.51. The fourth-order valence-electron chi connectivity index (χ4n) is 2.25. The molecular formula is C15H17BrN4O. The third-order valence-electron chi connectivity index (χ3n) is 3.34. The highest BCUT2D eigenvalue weighted by atomic mass is 79.9. The fraction of sp³-hybridized carbons (Fsp3) is 0.333. The lowest BCUT2D eigenvalue weighted by atomic mass is 10.2. The summed E-state index contributed by atoms with van der Waals surface area (Å²) in [4.78, 5) is 8.48. The number of halogens is 1. The number of benzene rings is 1. The first-order chi connectivity index (χ1) is 10.3. The molecule has 0 amide bonds. The number of anilines is 3. The Labute approximate surface area is 132 Å². The first-order valence-electron chi connectivity index (χ1n) is 7.00. The van der Waals surface area contributed by atoms with Crippen LogP contribution >= 0.6 is 15.9 Å². The average molecular weight is 349 g/mol. The van der Waals surface area contributed by atoms with Gasteiger partial charge in [-0.2, -0.15) is 0 Å². The van der Waals surface area contributed by atoms with E-state index in [1.807, 2.05) is 30.3 Å². The Balaban J connectivity index is 1.64. The standard InChI is InChI=1S/C15H17BrN4O/c16-12-5-1-2-6-13(12)20-15-8-14(18-10-19-15)17-9-11-4-3-7-21-11/h1-2,5-6,8,10-11H,3-4,7,9H2,(H2,17,18,19,20). The molecule has 1 aromatic carbocycles. The molecule has 6 heteroatoms. The van der Waals surface area contributed by atoms with Crippen molar-refractivity contribution in [3.8, 4) is 0 Å². The number of hydrogen-bond acceptors (Lipinski definition) is 5. The van der Waals surface area contributed by atoms with Crippen LogP contribution in [0.4, 0.5) is 17.3 Å². The number of para-hydroxylation sites is 1. The minimum atomic E-state index is 0.291. The van der Waals surface area contributed by atoms with E-state index in [0.29, 0.717) is 6.10 Å². The maximum absolute atomic E-state index is 5.59. The van der Waals surface area contributed by atoms with Crippen molar-refractivity contribution >= 4 is 33.3 Å². The summed E-state index contributed by atoms with van der Waals surface area (Å²) in [5.41, 5.74) is 0.973. The van der Waals surface area contributed by atoms with Gasteiger partial charge in [0.05, 0.1) is 11.8 Å².